The highest BCUT2D eigenvalue weighted by atomic mass is 32.2. The molecular weight excluding hydrogens is 251 g/mol. The SMILES string of the molecule is NC1=N[C@@]2(c3ccccc3F)CCOC[C@H]2CS1. The van der Waals surface area contributed by atoms with Crippen molar-refractivity contribution in [3.63, 3.8) is 0 Å². The maximum Gasteiger partial charge on any atom is 0.154 e. The molecule has 1 saturated heterocycles. The summed E-state index contributed by atoms with van der Waals surface area (Å²) in [6.07, 6.45) is 0.694. The van der Waals surface area contributed by atoms with E-state index in [-0.39, 0.29) is 11.7 Å². The van der Waals surface area contributed by atoms with E-state index in [4.69, 9.17) is 10.5 Å². The number of hydrogen-bond donors (Lipinski definition) is 1. The number of rotatable bonds is 1. The number of nitrogens with zero attached hydrogens (tertiary/aromatic N) is 1. The highest BCUT2D eigenvalue weighted by Crippen LogP contribution is 2.45. The van der Waals surface area contributed by atoms with Gasteiger partial charge in [0.2, 0.25) is 0 Å². The zero-order chi connectivity index (χ0) is 12.6. The van der Waals surface area contributed by atoms with Crippen molar-refractivity contribution in [2.45, 2.75) is 12.0 Å². The molecule has 1 aromatic carbocycles. The van der Waals surface area contributed by atoms with Crippen LogP contribution in [-0.2, 0) is 10.3 Å². The van der Waals surface area contributed by atoms with Crippen LogP contribution in [0.25, 0.3) is 0 Å². The van der Waals surface area contributed by atoms with Crippen molar-refractivity contribution in [1.82, 2.24) is 0 Å². The lowest BCUT2D eigenvalue weighted by molar-refractivity contribution is 0.00885. The number of nitrogens with two attached hydrogens (primary N) is 1. The van der Waals surface area contributed by atoms with E-state index in [0.29, 0.717) is 30.4 Å². The average Bonchev–Trinajstić information content (AvgIpc) is 2.38. The molecule has 2 N–H and O–H groups in total. The van der Waals surface area contributed by atoms with Gasteiger partial charge in [-0.2, -0.15) is 0 Å². The lowest BCUT2D eigenvalue weighted by Crippen LogP contribution is -2.47. The number of halogens is 1. The molecule has 2 heterocycles. The molecule has 0 radical (unpaired) electrons. The molecule has 96 valence electrons. The summed E-state index contributed by atoms with van der Waals surface area (Å²) >= 11 is 1.53. The molecule has 0 bridgehead atoms. The maximum absolute atomic E-state index is 14.1. The van der Waals surface area contributed by atoms with E-state index in [1.165, 1.54) is 17.8 Å². The first-order valence-electron chi connectivity index (χ1n) is 6.03. The van der Waals surface area contributed by atoms with E-state index >= 15 is 0 Å². The van der Waals surface area contributed by atoms with Crippen LogP contribution in [0, 0.1) is 11.7 Å². The second-order valence-corrected chi connectivity index (χ2v) is 5.73. The Hall–Kier alpha value is -1.07. The molecule has 5 heteroatoms. The second-order valence-electron chi connectivity index (χ2n) is 4.69. The number of hydrogen-bond acceptors (Lipinski definition) is 4. The van der Waals surface area contributed by atoms with Crippen LogP contribution in [-0.4, -0.2) is 24.1 Å². The highest BCUT2D eigenvalue weighted by molar-refractivity contribution is 8.13. The molecule has 3 nitrogen and oxygen atoms in total. The molecule has 0 amide bonds. The third kappa shape index (κ3) is 1.82. The monoisotopic (exact) mass is 266 g/mol. The summed E-state index contributed by atoms with van der Waals surface area (Å²) < 4.78 is 19.6. The van der Waals surface area contributed by atoms with Crippen LogP contribution in [0.5, 0.6) is 0 Å². The Balaban J connectivity index is 2.13. The zero-order valence-corrected chi connectivity index (χ0v) is 10.8. The molecule has 0 aromatic heterocycles. The molecule has 2 aliphatic rings. The van der Waals surface area contributed by atoms with Crippen molar-refractivity contribution in [2.24, 2.45) is 16.6 Å². The quantitative estimate of drug-likeness (QED) is 0.847. The van der Waals surface area contributed by atoms with Crippen molar-refractivity contribution >= 4 is 16.9 Å². The van der Waals surface area contributed by atoms with Crippen LogP contribution in [0.3, 0.4) is 0 Å². The van der Waals surface area contributed by atoms with E-state index in [0.717, 1.165) is 5.75 Å². The Morgan fingerprint density at radius 3 is 3.11 bits per heavy atom. The molecule has 2 atom stereocenters. The van der Waals surface area contributed by atoms with Gasteiger partial charge in [0.15, 0.2) is 5.17 Å². The predicted molar refractivity (Wildman–Crippen MR) is 71.1 cm³/mol. The number of aliphatic imine (C=N–C) groups is 1. The smallest absolute Gasteiger partial charge is 0.154 e. The van der Waals surface area contributed by atoms with E-state index in [1.54, 1.807) is 6.07 Å². The van der Waals surface area contributed by atoms with Gasteiger partial charge in [0.05, 0.1) is 12.1 Å². The molecule has 0 spiro atoms. The molecular formula is C13H15FN2OS. The van der Waals surface area contributed by atoms with Crippen LogP contribution in [0.2, 0.25) is 0 Å². The van der Waals surface area contributed by atoms with Gasteiger partial charge in [0, 0.05) is 30.3 Å². The molecule has 1 aromatic rings. The number of fused-ring (bicyclic) bond motifs is 1. The third-order valence-corrected chi connectivity index (χ3v) is 4.66. The van der Waals surface area contributed by atoms with Gasteiger partial charge in [-0.25, -0.2) is 4.39 Å². The molecule has 2 aliphatic heterocycles. The topological polar surface area (TPSA) is 47.6 Å². The summed E-state index contributed by atoms with van der Waals surface area (Å²) in [4.78, 5) is 4.60. The number of amidine groups is 1. The Labute approximate surface area is 110 Å². The van der Waals surface area contributed by atoms with Crippen LogP contribution >= 0.6 is 11.8 Å². The molecule has 0 unspecified atom stereocenters. The molecule has 18 heavy (non-hydrogen) atoms. The summed E-state index contributed by atoms with van der Waals surface area (Å²) in [5.74, 6) is 0.831. The Kier molecular flexibility index (Phi) is 3.03. The number of benzene rings is 1. The van der Waals surface area contributed by atoms with Gasteiger partial charge < -0.3 is 10.5 Å². The lowest BCUT2D eigenvalue weighted by atomic mass is 9.75. The van der Waals surface area contributed by atoms with Crippen molar-refractivity contribution in [2.75, 3.05) is 19.0 Å². The fourth-order valence-electron chi connectivity index (χ4n) is 2.77. The normalized spacial score (nSPS) is 31.6. The van der Waals surface area contributed by atoms with Crippen molar-refractivity contribution in [3.05, 3.63) is 35.6 Å². The molecule has 0 saturated carbocycles. The second kappa shape index (κ2) is 4.55. The van der Waals surface area contributed by atoms with E-state index < -0.39 is 5.54 Å². The first-order valence-corrected chi connectivity index (χ1v) is 7.02. The summed E-state index contributed by atoms with van der Waals surface area (Å²) in [6, 6.07) is 6.87. The van der Waals surface area contributed by atoms with Crippen molar-refractivity contribution in [1.29, 1.82) is 0 Å². The van der Waals surface area contributed by atoms with Crippen molar-refractivity contribution < 1.29 is 9.13 Å². The lowest BCUT2D eigenvalue weighted by Gasteiger charge is -2.43. The van der Waals surface area contributed by atoms with Crippen LogP contribution in [0.1, 0.15) is 12.0 Å². The Bertz CT molecular complexity index is 494. The van der Waals surface area contributed by atoms with Gasteiger partial charge in [-0.1, -0.05) is 30.0 Å². The minimum Gasteiger partial charge on any atom is -0.381 e. The van der Waals surface area contributed by atoms with Gasteiger partial charge in [0.1, 0.15) is 5.82 Å². The van der Waals surface area contributed by atoms with Gasteiger partial charge in [0.25, 0.3) is 0 Å². The van der Waals surface area contributed by atoms with Gasteiger partial charge in [-0.05, 0) is 6.07 Å². The first-order chi connectivity index (χ1) is 8.72. The Morgan fingerprint density at radius 2 is 2.28 bits per heavy atom. The summed E-state index contributed by atoms with van der Waals surface area (Å²) in [5, 5.41) is 0.552. The number of thioether (sulfide) groups is 1. The van der Waals surface area contributed by atoms with Gasteiger partial charge in [-0.15, -0.1) is 0 Å². The van der Waals surface area contributed by atoms with Crippen LogP contribution in [0.4, 0.5) is 4.39 Å². The Morgan fingerprint density at radius 1 is 1.44 bits per heavy atom. The van der Waals surface area contributed by atoms with Crippen LogP contribution < -0.4 is 5.73 Å². The standard InChI is InChI=1S/C13H15FN2OS/c14-11-4-2-1-3-10(11)13-5-6-17-7-9(13)8-18-12(15)16-13/h1-4,9H,5-8H2,(H2,15,16)/t9-,13-/m0/s1. The number of ether oxygens (including phenoxy) is 1. The predicted octanol–water partition coefficient (Wildman–Crippen LogP) is 2.12. The first kappa shape index (κ1) is 12.0. The summed E-state index contributed by atoms with van der Waals surface area (Å²) in [6.45, 7) is 1.23. The van der Waals surface area contributed by atoms with Gasteiger partial charge >= 0.3 is 0 Å². The summed E-state index contributed by atoms with van der Waals surface area (Å²) in [7, 11) is 0. The fourth-order valence-corrected chi connectivity index (χ4v) is 3.74. The molecule has 3 rings (SSSR count). The zero-order valence-electron chi connectivity index (χ0n) is 9.93. The average molecular weight is 266 g/mol. The van der Waals surface area contributed by atoms with E-state index in [2.05, 4.69) is 4.99 Å². The minimum atomic E-state index is -0.529. The van der Waals surface area contributed by atoms with Crippen LogP contribution in [0.15, 0.2) is 29.3 Å². The van der Waals surface area contributed by atoms with E-state index in [9.17, 15) is 4.39 Å². The third-order valence-electron chi connectivity index (χ3n) is 3.70. The molecule has 0 aliphatic carbocycles. The fraction of sp³-hybridized carbons (Fsp3) is 0.462. The highest BCUT2D eigenvalue weighted by Gasteiger charge is 2.46. The van der Waals surface area contributed by atoms with Crippen molar-refractivity contribution in [3.8, 4) is 0 Å². The van der Waals surface area contributed by atoms with Gasteiger partial charge in [-0.3, -0.25) is 4.99 Å². The minimum absolute atomic E-state index is 0.195. The molecule has 1 fully saturated rings. The van der Waals surface area contributed by atoms with E-state index in [1.807, 2.05) is 12.1 Å². The maximum atomic E-state index is 14.1. The largest absolute Gasteiger partial charge is 0.381 e. The summed E-state index contributed by atoms with van der Waals surface area (Å²) in [5.41, 5.74) is 5.99.